The Kier molecular flexibility index (Phi) is 3.43. The van der Waals surface area contributed by atoms with Gasteiger partial charge < -0.3 is 0 Å². The van der Waals surface area contributed by atoms with E-state index in [-0.39, 0.29) is 17.3 Å². The molecule has 2 rings (SSSR count). The van der Waals surface area contributed by atoms with Gasteiger partial charge >= 0.3 is 0 Å². The summed E-state index contributed by atoms with van der Waals surface area (Å²) in [4.78, 5) is 5.34. The Morgan fingerprint density at radius 2 is 2.28 bits per heavy atom. The molecule has 0 aliphatic carbocycles. The molecule has 96 valence electrons. The Hall–Kier alpha value is -1.37. The number of amidine groups is 1. The van der Waals surface area contributed by atoms with Gasteiger partial charge in [0.15, 0.2) is 5.84 Å². The van der Waals surface area contributed by atoms with Crippen LogP contribution in [0.2, 0.25) is 5.02 Å². The lowest BCUT2D eigenvalue weighted by atomic mass is 10.2. The average Bonchev–Trinajstić information content (AvgIpc) is 2.60. The Morgan fingerprint density at radius 1 is 1.56 bits per heavy atom. The van der Waals surface area contributed by atoms with Crippen molar-refractivity contribution in [3.05, 3.63) is 41.4 Å². The normalized spacial score (nSPS) is 16.0. The molecule has 7 heteroatoms. The first-order valence-corrected chi connectivity index (χ1v) is 6.90. The SMILES string of the molecule is C=CCON(C)C1=NS(=O)(=O)c2cccc(Cl)c21. The van der Waals surface area contributed by atoms with Crippen molar-refractivity contribution in [2.45, 2.75) is 4.90 Å². The maximum Gasteiger partial charge on any atom is 0.285 e. The molecule has 0 radical (unpaired) electrons. The molecule has 1 aliphatic rings. The van der Waals surface area contributed by atoms with Crippen LogP contribution in [0.5, 0.6) is 0 Å². The van der Waals surface area contributed by atoms with Crippen LogP contribution in [0.1, 0.15) is 5.56 Å². The zero-order chi connectivity index (χ0) is 13.3. The van der Waals surface area contributed by atoms with Crippen molar-refractivity contribution in [3.8, 4) is 0 Å². The van der Waals surface area contributed by atoms with Gasteiger partial charge in [-0.1, -0.05) is 23.7 Å². The second-order valence-electron chi connectivity index (χ2n) is 3.58. The average molecular weight is 287 g/mol. The number of hydrogen-bond acceptors (Lipinski definition) is 4. The summed E-state index contributed by atoms with van der Waals surface area (Å²) in [5, 5.41) is 1.60. The number of hydrogen-bond donors (Lipinski definition) is 0. The van der Waals surface area contributed by atoms with Crippen LogP contribution in [0.15, 0.2) is 40.1 Å². The van der Waals surface area contributed by atoms with Crippen molar-refractivity contribution >= 4 is 27.5 Å². The number of nitrogens with zero attached hydrogens (tertiary/aromatic N) is 2. The molecule has 1 aliphatic heterocycles. The van der Waals surface area contributed by atoms with Crippen LogP contribution in [0.25, 0.3) is 0 Å². The molecule has 0 fully saturated rings. The third-order valence-electron chi connectivity index (χ3n) is 2.37. The second kappa shape index (κ2) is 4.72. The van der Waals surface area contributed by atoms with Gasteiger partial charge in [0.25, 0.3) is 10.0 Å². The number of rotatable bonds is 3. The molecule has 0 unspecified atom stereocenters. The minimum Gasteiger partial charge on any atom is -0.268 e. The smallest absolute Gasteiger partial charge is 0.268 e. The van der Waals surface area contributed by atoms with Gasteiger partial charge in [0.05, 0.1) is 17.2 Å². The van der Waals surface area contributed by atoms with E-state index in [1.54, 1.807) is 25.3 Å². The minimum absolute atomic E-state index is 0.0963. The summed E-state index contributed by atoms with van der Waals surface area (Å²) < 4.78 is 27.4. The molecule has 1 aromatic carbocycles. The Morgan fingerprint density at radius 3 is 2.94 bits per heavy atom. The van der Waals surface area contributed by atoms with Crippen molar-refractivity contribution in [1.82, 2.24) is 5.06 Å². The highest BCUT2D eigenvalue weighted by atomic mass is 35.5. The van der Waals surface area contributed by atoms with E-state index in [4.69, 9.17) is 16.4 Å². The number of sulfonamides is 1. The summed E-state index contributed by atoms with van der Waals surface area (Å²) in [6.45, 7) is 3.76. The lowest BCUT2D eigenvalue weighted by Gasteiger charge is -2.17. The molecule has 0 N–H and O–H groups in total. The fourth-order valence-electron chi connectivity index (χ4n) is 1.59. The molecule has 0 spiro atoms. The van der Waals surface area contributed by atoms with Crippen LogP contribution in [0.4, 0.5) is 0 Å². The molecule has 0 saturated heterocycles. The van der Waals surface area contributed by atoms with Crippen molar-refractivity contribution in [2.24, 2.45) is 4.40 Å². The van der Waals surface area contributed by atoms with E-state index >= 15 is 0 Å². The van der Waals surface area contributed by atoms with Crippen molar-refractivity contribution in [1.29, 1.82) is 0 Å². The minimum atomic E-state index is -3.69. The molecule has 0 bridgehead atoms. The van der Waals surface area contributed by atoms with Crippen molar-refractivity contribution < 1.29 is 13.3 Å². The predicted octanol–water partition coefficient (Wildman–Crippen LogP) is 1.84. The van der Waals surface area contributed by atoms with E-state index in [9.17, 15) is 8.42 Å². The molecule has 1 heterocycles. The Balaban J connectivity index is 2.50. The van der Waals surface area contributed by atoms with Gasteiger partial charge in [-0.3, -0.25) is 4.84 Å². The quantitative estimate of drug-likeness (QED) is 0.628. The Bertz CT molecular complexity index is 625. The first-order valence-electron chi connectivity index (χ1n) is 5.09. The number of benzene rings is 1. The molecular weight excluding hydrogens is 276 g/mol. The monoisotopic (exact) mass is 286 g/mol. The van der Waals surface area contributed by atoms with E-state index in [1.165, 1.54) is 11.1 Å². The lowest BCUT2D eigenvalue weighted by molar-refractivity contribution is -0.0633. The van der Waals surface area contributed by atoms with E-state index in [0.717, 1.165) is 0 Å². The highest BCUT2D eigenvalue weighted by Gasteiger charge is 2.33. The first kappa shape index (κ1) is 13.1. The Labute approximate surface area is 110 Å². The van der Waals surface area contributed by atoms with Crippen LogP contribution in [-0.4, -0.2) is 33.0 Å². The van der Waals surface area contributed by atoms with E-state index < -0.39 is 10.0 Å². The van der Waals surface area contributed by atoms with E-state index in [0.29, 0.717) is 10.6 Å². The summed E-state index contributed by atoms with van der Waals surface area (Å²) in [6.07, 6.45) is 1.55. The van der Waals surface area contributed by atoms with Gasteiger partial charge in [0.1, 0.15) is 4.90 Å². The van der Waals surface area contributed by atoms with Crippen LogP contribution in [0.3, 0.4) is 0 Å². The van der Waals surface area contributed by atoms with Gasteiger partial charge in [-0.15, -0.1) is 11.0 Å². The standard InChI is InChI=1S/C11H11ClN2O3S/c1-3-7-17-14(2)11-10-8(12)5-4-6-9(10)18(15,16)13-11/h3-6H,1,7H2,2H3. The maximum absolute atomic E-state index is 11.8. The van der Waals surface area contributed by atoms with Crippen LogP contribution in [-0.2, 0) is 14.9 Å². The predicted molar refractivity (Wildman–Crippen MR) is 69.1 cm³/mol. The molecule has 0 saturated carbocycles. The largest absolute Gasteiger partial charge is 0.285 e. The maximum atomic E-state index is 11.8. The number of fused-ring (bicyclic) bond motifs is 1. The number of hydroxylamine groups is 2. The second-order valence-corrected chi connectivity index (χ2v) is 5.56. The van der Waals surface area contributed by atoms with Crippen LogP contribution < -0.4 is 0 Å². The van der Waals surface area contributed by atoms with Gasteiger partial charge in [0, 0.05) is 7.05 Å². The summed E-state index contributed by atoms with van der Waals surface area (Å²) in [6, 6.07) is 4.65. The van der Waals surface area contributed by atoms with Crippen molar-refractivity contribution in [3.63, 3.8) is 0 Å². The molecule has 5 nitrogen and oxygen atoms in total. The zero-order valence-corrected chi connectivity index (χ0v) is 11.2. The molecular formula is C11H11ClN2O3S. The molecule has 0 atom stereocenters. The topological polar surface area (TPSA) is 59.0 Å². The lowest BCUT2D eigenvalue weighted by Crippen LogP contribution is -2.27. The first-order chi connectivity index (χ1) is 8.47. The third-order valence-corrected chi connectivity index (χ3v) is 3.99. The molecule has 0 aromatic heterocycles. The van der Waals surface area contributed by atoms with Gasteiger partial charge in [0.2, 0.25) is 0 Å². The highest BCUT2D eigenvalue weighted by molar-refractivity contribution is 7.90. The van der Waals surface area contributed by atoms with Crippen LogP contribution >= 0.6 is 11.6 Å². The van der Waals surface area contributed by atoms with Crippen LogP contribution in [0, 0.1) is 0 Å². The third kappa shape index (κ3) is 2.14. The zero-order valence-electron chi connectivity index (χ0n) is 9.63. The molecule has 0 amide bonds. The summed E-state index contributed by atoms with van der Waals surface area (Å²) in [5.74, 6) is 0.178. The summed E-state index contributed by atoms with van der Waals surface area (Å²) in [5.41, 5.74) is 0.366. The fraction of sp³-hybridized carbons (Fsp3) is 0.182. The highest BCUT2D eigenvalue weighted by Crippen LogP contribution is 2.32. The van der Waals surface area contributed by atoms with Gasteiger partial charge in [-0.25, -0.2) is 5.06 Å². The van der Waals surface area contributed by atoms with Crippen molar-refractivity contribution in [2.75, 3.05) is 13.7 Å². The van der Waals surface area contributed by atoms with E-state index in [2.05, 4.69) is 11.0 Å². The molecule has 18 heavy (non-hydrogen) atoms. The van der Waals surface area contributed by atoms with E-state index in [1.807, 2.05) is 0 Å². The fourth-order valence-corrected chi connectivity index (χ4v) is 3.14. The van der Waals surface area contributed by atoms with Gasteiger partial charge in [-0.05, 0) is 12.1 Å². The molecule has 1 aromatic rings. The van der Waals surface area contributed by atoms with Gasteiger partial charge in [-0.2, -0.15) is 8.42 Å². The number of halogens is 1. The summed E-state index contributed by atoms with van der Waals surface area (Å²) in [7, 11) is -2.13. The summed E-state index contributed by atoms with van der Waals surface area (Å²) >= 11 is 6.02.